The van der Waals surface area contributed by atoms with Crippen LogP contribution in [0.25, 0.3) is 0 Å². The second-order valence-corrected chi connectivity index (χ2v) is 4.28. The third-order valence-corrected chi connectivity index (χ3v) is 2.69. The SMILES string of the molecule is CCC(OC(=O)C(C)=CO)OC(=O)c1ccccc1C. The van der Waals surface area contributed by atoms with Crippen LogP contribution >= 0.6 is 0 Å². The lowest BCUT2D eigenvalue weighted by Crippen LogP contribution is -2.24. The molecule has 0 saturated carbocycles. The number of rotatable bonds is 5. The zero-order chi connectivity index (χ0) is 15.1. The molecule has 1 aromatic rings. The highest BCUT2D eigenvalue weighted by Gasteiger charge is 2.20. The summed E-state index contributed by atoms with van der Waals surface area (Å²) in [5.74, 6) is -1.27. The monoisotopic (exact) mass is 278 g/mol. The Kier molecular flexibility index (Phi) is 5.77. The molecule has 0 aromatic heterocycles. The van der Waals surface area contributed by atoms with Gasteiger partial charge in [-0.25, -0.2) is 9.59 Å². The molecule has 0 heterocycles. The number of carbonyl (C=O) groups is 2. The molecule has 5 nitrogen and oxygen atoms in total. The highest BCUT2D eigenvalue weighted by Crippen LogP contribution is 2.12. The van der Waals surface area contributed by atoms with Gasteiger partial charge >= 0.3 is 11.9 Å². The van der Waals surface area contributed by atoms with Crippen molar-refractivity contribution >= 4 is 11.9 Å². The average molecular weight is 278 g/mol. The molecule has 0 amide bonds. The fourth-order valence-corrected chi connectivity index (χ4v) is 1.44. The van der Waals surface area contributed by atoms with Crippen LogP contribution in [0.3, 0.4) is 0 Å². The third kappa shape index (κ3) is 4.12. The molecule has 0 aliphatic heterocycles. The fourth-order valence-electron chi connectivity index (χ4n) is 1.44. The van der Waals surface area contributed by atoms with Crippen molar-refractivity contribution in [3.63, 3.8) is 0 Å². The molecule has 1 unspecified atom stereocenters. The van der Waals surface area contributed by atoms with Crippen molar-refractivity contribution in [2.45, 2.75) is 33.5 Å². The molecule has 1 atom stereocenters. The normalized spacial score (nSPS) is 12.7. The molecule has 1 N–H and O–H groups in total. The van der Waals surface area contributed by atoms with Crippen LogP contribution in [0.2, 0.25) is 0 Å². The van der Waals surface area contributed by atoms with Crippen LogP contribution in [-0.4, -0.2) is 23.3 Å². The molecule has 0 fully saturated rings. The van der Waals surface area contributed by atoms with Crippen molar-refractivity contribution in [1.82, 2.24) is 0 Å². The first-order valence-corrected chi connectivity index (χ1v) is 6.28. The van der Waals surface area contributed by atoms with Gasteiger partial charge in [0.05, 0.1) is 17.4 Å². The number of hydrogen-bond acceptors (Lipinski definition) is 5. The zero-order valence-corrected chi connectivity index (χ0v) is 11.8. The number of aliphatic hydroxyl groups excluding tert-OH is 1. The van der Waals surface area contributed by atoms with Crippen LogP contribution in [0, 0.1) is 6.92 Å². The molecule has 108 valence electrons. The first-order valence-electron chi connectivity index (χ1n) is 6.28. The van der Waals surface area contributed by atoms with Gasteiger partial charge in [0.1, 0.15) is 0 Å². The van der Waals surface area contributed by atoms with Crippen LogP contribution in [0.1, 0.15) is 36.2 Å². The van der Waals surface area contributed by atoms with Crippen LogP contribution in [0.5, 0.6) is 0 Å². The van der Waals surface area contributed by atoms with Crippen molar-refractivity contribution in [3.05, 3.63) is 47.2 Å². The topological polar surface area (TPSA) is 72.8 Å². The number of ether oxygens (including phenoxy) is 2. The Bertz CT molecular complexity index is 519. The summed E-state index contributed by atoms with van der Waals surface area (Å²) in [6.45, 7) is 4.92. The van der Waals surface area contributed by atoms with Crippen LogP contribution in [0.15, 0.2) is 36.1 Å². The van der Waals surface area contributed by atoms with Crippen molar-refractivity contribution in [1.29, 1.82) is 0 Å². The Balaban J connectivity index is 2.72. The van der Waals surface area contributed by atoms with Gasteiger partial charge in [0.25, 0.3) is 0 Å². The molecule has 0 spiro atoms. The summed E-state index contributed by atoms with van der Waals surface area (Å²) in [7, 11) is 0. The van der Waals surface area contributed by atoms with Gasteiger partial charge in [0.2, 0.25) is 6.29 Å². The average Bonchev–Trinajstić information content (AvgIpc) is 2.45. The molecule has 0 aliphatic carbocycles. The predicted molar refractivity (Wildman–Crippen MR) is 73.2 cm³/mol. The second-order valence-electron chi connectivity index (χ2n) is 4.28. The van der Waals surface area contributed by atoms with E-state index >= 15 is 0 Å². The van der Waals surface area contributed by atoms with Gasteiger partial charge in [-0.15, -0.1) is 0 Å². The highest BCUT2D eigenvalue weighted by molar-refractivity contribution is 5.91. The molecular formula is C15H18O5. The molecule has 0 bridgehead atoms. The lowest BCUT2D eigenvalue weighted by atomic mass is 10.1. The van der Waals surface area contributed by atoms with Gasteiger partial charge in [0.15, 0.2) is 0 Å². The van der Waals surface area contributed by atoms with E-state index in [9.17, 15) is 9.59 Å². The van der Waals surface area contributed by atoms with Crippen LogP contribution in [-0.2, 0) is 14.3 Å². The van der Waals surface area contributed by atoms with E-state index in [1.165, 1.54) is 6.92 Å². The first kappa shape index (κ1) is 15.8. The third-order valence-electron chi connectivity index (χ3n) is 2.69. The molecule has 1 rings (SSSR count). The number of aryl methyl sites for hydroxylation is 1. The maximum absolute atomic E-state index is 12.0. The Morgan fingerprint density at radius 3 is 2.50 bits per heavy atom. The summed E-state index contributed by atoms with van der Waals surface area (Å²) < 4.78 is 10.1. The number of benzene rings is 1. The van der Waals surface area contributed by atoms with E-state index in [2.05, 4.69) is 0 Å². The smallest absolute Gasteiger partial charge is 0.341 e. The molecule has 0 radical (unpaired) electrons. The van der Waals surface area contributed by atoms with Crippen LogP contribution in [0.4, 0.5) is 0 Å². The molecule has 1 aromatic carbocycles. The predicted octanol–water partition coefficient (Wildman–Crippen LogP) is 2.89. The molecule has 5 heteroatoms. The Labute approximate surface area is 117 Å². The summed E-state index contributed by atoms with van der Waals surface area (Å²) >= 11 is 0. The van der Waals surface area contributed by atoms with Crippen LogP contribution < -0.4 is 0 Å². The first-order chi connectivity index (χ1) is 9.49. The standard InChI is InChI=1S/C15H18O5/c1-4-13(19-14(17)11(3)9-16)20-15(18)12-8-6-5-7-10(12)2/h5-9,13,16H,4H2,1-3H3. The Morgan fingerprint density at radius 1 is 1.30 bits per heavy atom. The van der Waals surface area contributed by atoms with E-state index in [0.29, 0.717) is 18.2 Å². The molecule has 0 saturated heterocycles. The minimum Gasteiger partial charge on any atom is -0.515 e. The van der Waals surface area contributed by atoms with E-state index in [-0.39, 0.29) is 5.57 Å². The van der Waals surface area contributed by atoms with Crippen molar-refractivity contribution in [3.8, 4) is 0 Å². The quantitative estimate of drug-likeness (QED) is 0.388. The van der Waals surface area contributed by atoms with E-state index in [1.807, 2.05) is 6.07 Å². The zero-order valence-electron chi connectivity index (χ0n) is 11.8. The van der Waals surface area contributed by atoms with Gasteiger partial charge in [-0.1, -0.05) is 25.1 Å². The van der Waals surface area contributed by atoms with Gasteiger partial charge < -0.3 is 14.6 Å². The Morgan fingerprint density at radius 2 is 1.95 bits per heavy atom. The summed E-state index contributed by atoms with van der Waals surface area (Å²) in [4.78, 5) is 23.5. The highest BCUT2D eigenvalue weighted by atomic mass is 16.7. The van der Waals surface area contributed by atoms with E-state index in [0.717, 1.165) is 5.56 Å². The van der Waals surface area contributed by atoms with E-state index in [4.69, 9.17) is 14.6 Å². The number of aliphatic hydroxyl groups is 1. The van der Waals surface area contributed by atoms with Gasteiger partial charge in [-0.2, -0.15) is 0 Å². The molecule has 0 aliphatic rings. The van der Waals surface area contributed by atoms with E-state index < -0.39 is 18.2 Å². The minimum absolute atomic E-state index is 0.0374. The number of hydrogen-bond donors (Lipinski definition) is 1. The molecular weight excluding hydrogens is 260 g/mol. The maximum Gasteiger partial charge on any atom is 0.341 e. The fraction of sp³-hybridized carbons (Fsp3) is 0.333. The van der Waals surface area contributed by atoms with Gasteiger partial charge in [0, 0.05) is 6.42 Å². The van der Waals surface area contributed by atoms with E-state index in [1.54, 1.807) is 32.0 Å². The molecule has 20 heavy (non-hydrogen) atoms. The van der Waals surface area contributed by atoms with Crippen molar-refractivity contribution in [2.24, 2.45) is 0 Å². The lowest BCUT2D eigenvalue weighted by Gasteiger charge is -2.17. The minimum atomic E-state index is -0.982. The summed E-state index contributed by atoms with van der Waals surface area (Å²) in [6.07, 6.45) is -0.00943. The van der Waals surface area contributed by atoms with Crippen molar-refractivity contribution < 1.29 is 24.2 Å². The number of carbonyl (C=O) groups excluding carboxylic acids is 2. The summed E-state index contributed by atoms with van der Waals surface area (Å²) in [6, 6.07) is 6.99. The second kappa shape index (κ2) is 7.33. The Hall–Kier alpha value is -2.30. The largest absolute Gasteiger partial charge is 0.515 e. The number of esters is 2. The van der Waals surface area contributed by atoms with Gasteiger partial charge in [-0.3, -0.25) is 0 Å². The summed E-state index contributed by atoms with van der Waals surface area (Å²) in [5.41, 5.74) is 1.25. The van der Waals surface area contributed by atoms with Crippen molar-refractivity contribution in [2.75, 3.05) is 0 Å². The van der Waals surface area contributed by atoms with Gasteiger partial charge in [-0.05, 0) is 25.5 Å². The summed E-state index contributed by atoms with van der Waals surface area (Å²) in [5, 5.41) is 8.72. The lowest BCUT2D eigenvalue weighted by molar-refractivity contribution is -0.164. The maximum atomic E-state index is 12.0.